The third kappa shape index (κ3) is 8.66. The molecule has 30 unspecified atom stereocenters. The zero-order chi connectivity index (χ0) is 52.5. The monoisotopic (exact) mass is 1050 g/mol. The van der Waals surface area contributed by atoms with Crippen molar-refractivity contribution in [2.24, 2.45) is 34.5 Å². The van der Waals surface area contributed by atoms with Crippen LogP contribution in [0, 0.1) is 34.5 Å². The van der Waals surface area contributed by atoms with Gasteiger partial charge in [0.15, 0.2) is 30.9 Å². The van der Waals surface area contributed by atoms with Crippen LogP contribution in [0.1, 0.15) is 92.4 Å². The molecule has 6 saturated heterocycles. The third-order valence-corrected chi connectivity index (χ3v) is 19.8. The molecule has 30 atom stereocenters. The van der Waals surface area contributed by atoms with E-state index in [9.17, 15) is 66.4 Å². The fourth-order valence-electron chi connectivity index (χ4n) is 15.1. The Hall–Kier alpha value is -1.18. The lowest BCUT2D eigenvalue weighted by molar-refractivity contribution is -0.407. The summed E-state index contributed by atoms with van der Waals surface area (Å²) in [6.45, 7) is 8.24. The van der Waals surface area contributed by atoms with Crippen molar-refractivity contribution in [1.29, 1.82) is 0 Å². The molecule has 0 aromatic rings. The van der Waals surface area contributed by atoms with Gasteiger partial charge >= 0.3 is 0 Å². The SMILES string of the molecule is CC1CCC2(OC1)OC1CC3(O)C4CC=C5CC(OC6OC(CO)C(OC7OC(CO)C(O)C(O)C7O)C(OC7OCC(O)C(O)C7O)C6OC6OC(C)C(O)C(O)C6O)CCC5(C)C4CCC3(C)C1(O)C2C. The average molecular weight is 1050 g/mol. The third-order valence-electron chi connectivity index (χ3n) is 19.8. The van der Waals surface area contributed by atoms with Crippen LogP contribution in [0.4, 0.5) is 0 Å². The molecule has 6 heterocycles. The van der Waals surface area contributed by atoms with E-state index >= 15 is 0 Å². The Morgan fingerprint density at radius 1 is 0.616 bits per heavy atom. The summed E-state index contributed by atoms with van der Waals surface area (Å²) in [5, 5.41) is 144. The van der Waals surface area contributed by atoms with E-state index < -0.39 is 177 Å². The summed E-state index contributed by atoms with van der Waals surface area (Å²) in [6, 6.07) is 0. The number of fused-ring (bicyclic) bond motifs is 7. The van der Waals surface area contributed by atoms with E-state index in [2.05, 4.69) is 19.9 Å². The molecule has 73 heavy (non-hydrogen) atoms. The van der Waals surface area contributed by atoms with Crippen LogP contribution in [0.15, 0.2) is 11.6 Å². The molecular weight excluding hydrogens is 969 g/mol. The minimum absolute atomic E-state index is 0.0355. The van der Waals surface area contributed by atoms with Gasteiger partial charge in [0.1, 0.15) is 91.1 Å². The van der Waals surface area contributed by atoms with Gasteiger partial charge in [0.2, 0.25) is 0 Å². The molecule has 0 amide bonds. The summed E-state index contributed by atoms with van der Waals surface area (Å²) < 4.78 is 62.7. The molecule has 0 radical (unpaired) electrons. The number of hydrogen-bond acceptors (Lipinski definition) is 23. The van der Waals surface area contributed by atoms with E-state index in [4.69, 9.17) is 47.4 Å². The van der Waals surface area contributed by atoms with Crippen LogP contribution >= 0.6 is 0 Å². The Bertz CT molecular complexity index is 1980. The zero-order valence-electron chi connectivity index (χ0n) is 42.1. The highest BCUT2D eigenvalue weighted by molar-refractivity contribution is 5.33. The fourth-order valence-corrected chi connectivity index (χ4v) is 15.1. The second-order valence-electron chi connectivity index (χ2n) is 23.7. The van der Waals surface area contributed by atoms with E-state index in [0.717, 1.165) is 18.4 Å². The quantitative estimate of drug-likeness (QED) is 0.0965. The van der Waals surface area contributed by atoms with E-state index in [1.165, 1.54) is 6.92 Å². The molecular formula is C50H80O23. The number of rotatable bonds is 10. The first-order chi connectivity index (χ1) is 34.5. The van der Waals surface area contributed by atoms with Crippen molar-refractivity contribution in [3.05, 3.63) is 11.6 Å². The van der Waals surface area contributed by atoms with Crippen LogP contribution in [0.25, 0.3) is 0 Å². The first-order valence-electron chi connectivity index (χ1n) is 26.5. The van der Waals surface area contributed by atoms with E-state index in [0.29, 0.717) is 51.0 Å². The average Bonchev–Trinajstić information content (AvgIpc) is 3.68. The summed E-state index contributed by atoms with van der Waals surface area (Å²) in [7, 11) is 0. The van der Waals surface area contributed by atoms with Gasteiger partial charge in [-0.2, -0.15) is 0 Å². The standard InChI is InChI=1S/C50H80O23/c1-20-8-13-49(65-18-20)22(3)50(63)30(73-49)15-48(62)26-7-6-23-14-24(9-11-46(23,4)25(26)10-12-47(48,50)5)67-45-41(72-43-37(60)34(57)31(54)21(2)66-43)40(71-42-36(59)32(55)27(53)19-64-42)39(29(17-52)69-45)70-44-38(61)35(58)33(56)28(16-51)68-44/h6,20-22,24-45,51-63H,7-19H2,1-5H3. The number of aliphatic hydroxyl groups is 13. The minimum atomic E-state index is -1.96. The van der Waals surface area contributed by atoms with E-state index in [1.807, 2.05) is 13.8 Å². The lowest BCUT2D eigenvalue weighted by Crippen LogP contribution is -2.68. The van der Waals surface area contributed by atoms with Crippen LogP contribution in [0.5, 0.6) is 0 Å². The molecule has 0 aromatic heterocycles. The summed E-state index contributed by atoms with van der Waals surface area (Å²) in [5.74, 6) is -1.02. The van der Waals surface area contributed by atoms with Gasteiger partial charge in [-0.25, -0.2) is 0 Å². The van der Waals surface area contributed by atoms with E-state index in [-0.39, 0.29) is 24.2 Å². The lowest BCUT2D eigenvalue weighted by Gasteiger charge is -2.63. The molecule has 418 valence electrons. The normalized spacial score (nSPS) is 58.2. The Morgan fingerprint density at radius 2 is 1.26 bits per heavy atom. The van der Waals surface area contributed by atoms with Crippen molar-refractivity contribution in [3.8, 4) is 0 Å². The molecule has 0 bridgehead atoms. The Morgan fingerprint density at radius 3 is 1.95 bits per heavy atom. The van der Waals surface area contributed by atoms with Crippen molar-refractivity contribution in [2.75, 3.05) is 26.4 Å². The van der Waals surface area contributed by atoms with Gasteiger partial charge < -0.3 is 114 Å². The van der Waals surface area contributed by atoms with Crippen LogP contribution in [0.3, 0.4) is 0 Å². The van der Waals surface area contributed by atoms with Crippen LogP contribution in [0.2, 0.25) is 0 Å². The Kier molecular flexibility index (Phi) is 15.2. The maximum atomic E-state index is 13.1. The number of aliphatic hydroxyl groups excluding tert-OH is 11. The van der Waals surface area contributed by atoms with Gasteiger partial charge in [-0.15, -0.1) is 0 Å². The first-order valence-corrected chi connectivity index (χ1v) is 26.5. The van der Waals surface area contributed by atoms with Crippen molar-refractivity contribution in [1.82, 2.24) is 0 Å². The maximum absolute atomic E-state index is 13.1. The fraction of sp³-hybridized carbons (Fsp3) is 0.960. The Labute approximate surface area is 423 Å². The molecule has 9 fully saturated rings. The highest BCUT2D eigenvalue weighted by Crippen LogP contribution is 2.73. The lowest BCUT2D eigenvalue weighted by atomic mass is 9.44. The van der Waals surface area contributed by atoms with Gasteiger partial charge in [-0.1, -0.05) is 39.3 Å². The molecule has 10 aliphatic rings. The summed E-state index contributed by atoms with van der Waals surface area (Å²) in [6.07, 6.45) is -25.8. The predicted octanol–water partition coefficient (Wildman–Crippen LogP) is -3.09. The smallest absolute Gasteiger partial charge is 0.187 e. The van der Waals surface area contributed by atoms with Gasteiger partial charge in [-0.05, 0) is 75.0 Å². The van der Waals surface area contributed by atoms with Crippen molar-refractivity contribution < 1.29 is 114 Å². The summed E-state index contributed by atoms with van der Waals surface area (Å²) >= 11 is 0. The minimum Gasteiger partial charge on any atom is -0.394 e. The van der Waals surface area contributed by atoms with Crippen molar-refractivity contribution >= 4 is 0 Å². The van der Waals surface area contributed by atoms with E-state index in [1.54, 1.807) is 0 Å². The molecule has 23 heteroatoms. The zero-order valence-corrected chi connectivity index (χ0v) is 42.1. The largest absolute Gasteiger partial charge is 0.394 e. The molecule has 6 aliphatic heterocycles. The predicted molar refractivity (Wildman–Crippen MR) is 244 cm³/mol. The van der Waals surface area contributed by atoms with Gasteiger partial charge in [0, 0.05) is 24.2 Å². The molecule has 3 saturated carbocycles. The molecule has 10 rings (SSSR count). The second kappa shape index (κ2) is 20.2. The number of allylic oxidation sites excluding steroid dienone is 1. The van der Waals surface area contributed by atoms with Crippen molar-refractivity contribution in [2.45, 2.75) is 238 Å². The molecule has 23 nitrogen and oxygen atoms in total. The molecule has 13 N–H and O–H groups in total. The van der Waals surface area contributed by atoms with Gasteiger partial charge in [0.25, 0.3) is 0 Å². The molecule has 1 spiro atoms. The van der Waals surface area contributed by atoms with Gasteiger partial charge in [0.05, 0.1) is 50.3 Å². The molecule has 4 aliphatic carbocycles. The number of ether oxygens (including phenoxy) is 10. The highest BCUT2D eigenvalue weighted by Gasteiger charge is 2.81. The maximum Gasteiger partial charge on any atom is 0.187 e. The first kappa shape index (κ1) is 55.1. The summed E-state index contributed by atoms with van der Waals surface area (Å²) in [4.78, 5) is 0. The van der Waals surface area contributed by atoms with Crippen molar-refractivity contribution in [3.63, 3.8) is 0 Å². The van der Waals surface area contributed by atoms with Crippen LogP contribution in [-0.4, -0.2) is 239 Å². The van der Waals surface area contributed by atoms with Crippen LogP contribution < -0.4 is 0 Å². The molecule has 0 aromatic carbocycles. The topological polar surface area (TPSA) is 355 Å². The second-order valence-corrected chi connectivity index (χ2v) is 23.7. The van der Waals surface area contributed by atoms with Gasteiger partial charge in [-0.3, -0.25) is 0 Å². The highest BCUT2D eigenvalue weighted by atomic mass is 16.8. The summed E-state index contributed by atoms with van der Waals surface area (Å²) in [5.41, 5.74) is -2.73. The van der Waals surface area contributed by atoms with Crippen LogP contribution in [-0.2, 0) is 47.4 Å². The Balaban J connectivity index is 0.938. The number of hydrogen-bond donors (Lipinski definition) is 13.